The number of benzene rings is 3. The van der Waals surface area contributed by atoms with Gasteiger partial charge in [-0.15, -0.1) is 0 Å². The van der Waals surface area contributed by atoms with Gasteiger partial charge in [-0.25, -0.2) is 0 Å². The Labute approximate surface area is 186 Å². The minimum absolute atomic E-state index is 0.0573. The second-order valence-corrected chi connectivity index (χ2v) is 7.37. The lowest BCUT2D eigenvalue weighted by molar-refractivity contribution is -0.115. The molecule has 0 aliphatic rings. The molecule has 0 saturated carbocycles. The highest BCUT2D eigenvalue weighted by Crippen LogP contribution is 2.20. The van der Waals surface area contributed by atoms with Crippen molar-refractivity contribution in [1.82, 2.24) is 5.32 Å². The Hall–Kier alpha value is -3.35. The number of carbonyl (C=O) groups excluding carboxylic acids is 2. The number of amides is 2. The molecule has 3 N–H and O–H groups in total. The van der Waals surface area contributed by atoms with Crippen molar-refractivity contribution < 1.29 is 14.3 Å². The predicted octanol–water partition coefficient (Wildman–Crippen LogP) is 4.89. The van der Waals surface area contributed by atoms with Gasteiger partial charge in [0.2, 0.25) is 5.91 Å². The molecular weight excluding hydrogens is 414 g/mol. The summed E-state index contributed by atoms with van der Waals surface area (Å²) in [5.74, 6) is 0.130. The molecule has 0 aliphatic carbocycles. The Balaban J connectivity index is 1.61. The van der Waals surface area contributed by atoms with Gasteiger partial charge in [-0.05, 0) is 61.0 Å². The molecule has 3 aromatic rings. The topological polar surface area (TPSA) is 79.5 Å². The monoisotopic (exact) mass is 437 g/mol. The van der Waals surface area contributed by atoms with Crippen LogP contribution in [-0.2, 0) is 4.79 Å². The molecular formula is C24H24ClN3O3. The smallest absolute Gasteiger partial charge is 0.257 e. The summed E-state index contributed by atoms with van der Waals surface area (Å²) in [5.41, 5.74) is 2.42. The number of carbonyl (C=O) groups is 2. The molecule has 7 heteroatoms. The summed E-state index contributed by atoms with van der Waals surface area (Å²) in [6.45, 7) is 2.04. The van der Waals surface area contributed by atoms with E-state index < -0.39 is 0 Å². The summed E-state index contributed by atoms with van der Waals surface area (Å²) in [6, 6.07) is 21.3. The van der Waals surface area contributed by atoms with Crippen LogP contribution in [0.3, 0.4) is 0 Å². The van der Waals surface area contributed by atoms with E-state index in [0.717, 1.165) is 5.56 Å². The average Bonchev–Trinajstić information content (AvgIpc) is 2.78. The van der Waals surface area contributed by atoms with Crippen molar-refractivity contribution in [3.63, 3.8) is 0 Å². The molecule has 0 spiro atoms. The SMILES string of the molecule is COc1ccc(NC(=O)c2ccccc2NC(=O)CN[C@H](C)c2cccc(Cl)c2)cc1. The number of rotatable bonds is 8. The highest BCUT2D eigenvalue weighted by Gasteiger charge is 2.14. The lowest BCUT2D eigenvalue weighted by Gasteiger charge is -2.15. The van der Waals surface area contributed by atoms with E-state index in [1.54, 1.807) is 61.7 Å². The molecule has 3 aromatic carbocycles. The Morgan fingerprint density at radius 3 is 2.42 bits per heavy atom. The number of para-hydroxylation sites is 1. The van der Waals surface area contributed by atoms with Gasteiger partial charge in [0.05, 0.1) is 24.9 Å². The van der Waals surface area contributed by atoms with Crippen LogP contribution in [-0.4, -0.2) is 25.5 Å². The van der Waals surface area contributed by atoms with Crippen LogP contribution in [0, 0.1) is 0 Å². The predicted molar refractivity (Wildman–Crippen MR) is 124 cm³/mol. The Kier molecular flexibility index (Phi) is 7.65. The van der Waals surface area contributed by atoms with Crippen LogP contribution in [0.2, 0.25) is 5.02 Å². The van der Waals surface area contributed by atoms with Crippen molar-refractivity contribution in [2.75, 3.05) is 24.3 Å². The summed E-state index contributed by atoms with van der Waals surface area (Å²) in [6.07, 6.45) is 0. The number of anilines is 2. The van der Waals surface area contributed by atoms with Crippen molar-refractivity contribution in [3.8, 4) is 5.75 Å². The van der Waals surface area contributed by atoms with E-state index in [-0.39, 0.29) is 24.4 Å². The summed E-state index contributed by atoms with van der Waals surface area (Å²) in [5, 5.41) is 9.44. The quantitative estimate of drug-likeness (QED) is 0.468. The first-order valence-corrected chi connectivity index (χ1v) is 10.2. The number of hydrogen-bond acceptors (Lipinski definition) is 4. The number of ether oxygens (including phenoxy) is 1. The molecule has 0 aliphatic heterocycles. The first-order valence-electron chi connectivity index (χ1n) is 9.79. The van der Waals surface area contributed by atoms with Crippen molar-refractivity contribution in [3.05, 3.63) is 88.9 Å². The molecule has 6 nitrogen and oxygen atoms in total. The fraction of sp³-hybridized carbons (Fsp3) is 0.167. The van der Waals surface area contributed by atoms with Crippen LogP contribution in [0.15, 0.2) is 72.8 Å². The molecule has 0 radical (unpaired) electrons. The van der Waals surface area contributed by atoms with Crippen LogP contribution in [0.4, 0.5) is 11.4 Å². The third-order valence-corrected chi connectivity index (χ3v) is 4.95. The van der Waals surface area contributed by atoms with Crippen molar-refractivity contribution in [2.45, 2.75) is 13.0 Å². The van der Waals surface area contributed by atoms with Crippen molar-refractivity contribution in [1.29, 1.82) is 0 Å². The van der Waals surface area contributed by atoms with Crippen molar-refractivity contribution >= 4 is 34.8 Å². The number of hydrogen-bond donors (Lipinski definition) is 3. The highest BCUT2D eigenvalue weighted by atomic mass is 35.5. The maximum Gasteiger partial charge on any atom is 0.257 e. The maximum atomic E-state index is 12.7. The zero-order valence-electron chi connectivity index (χ0n) is 17.3. The third-order valence-electron chi connectivity index (χ3n) is 4.71. The molecule has 1 atom stereocenters. The third kappa shape index (κ3) is 6.31. The molecule has 31 heavy (non-hydrogen) atoms. The second kappa shape index (κ2) is 10.6. The van der Waals surface area contributed by atoms with Gasteiger partial charge in [0.1, 0.15) is 5.75 Å². The van der Waals surface area contributed by atoms with Gasteiger partial charge >= 0.3 is 0 Å². The van der Waals surface area contributed by atoms with E-state index >= 15 is 0 Å². The summed E-state index contributed by atoms with van der Waals surface area (Å²) in [7, 11) is 1.58. The average molecular weight is 438 g/mol. The molecule has 0 fully saturated rings. The van der Waals surface area contributed by atoms with Crippen molar-refractivity contribution in [2.24, 2.45) is 0 Å². The molecule has 0 aromatic heterocycles. The van der Waals surface area contributed by atoms with Gasteiger partial charge in [-0.2, -0.15) is 0 Å². The van der Waals surface area contributed by atoms with Gasteiger partial charge in [0.15, 0.2) is 0 Å². The molecule has 3 rings (SSSR count). The van der Waals surface area contributed by atoms with E-state index in [2.05, 4.69) is 16.0 Å². The normalized spacial score (nSPS) is 11.5. The standard InChI is InChI=1S/C24H24ClN3O3/c1-16(17-6-5-7-18(25)14-17)26-15-23(29)28-22-9-4-3-8-21(22)24(30)27-19-10-12-20(31-2)13-11-19/h3-14,16,26H,15H2,1-2H3,(H,27,30)(H,28,29)/t16-/m1/s1. The van der Waals surface area contributed by atoms with Crippen LogP contribution in [0.25, 0.3) is 0 Å². The minimum Gasteiger partial charge on any atom is -0.497 e. The Morgan fingerprint density at radius 1 is 0.968 bits per heavy atom. The van der Waals surface area contributed by atoms with Gasteiger partial charge in [-0.1, -0.05) is 35.9 Å². The first-order chi connectivity index (χ1) is 15.0. The molecule has 2 amide bonds. The Morgan fingerprint density at radius 2 is 1.71 bits per heavy atom. The summed E-state index contributed by atoms with van der Waals surface area (Å²) in [4.78, 5) is 25.2. The molecule has 0 unspecified atom stereocenters. The summed E-state index contributed by atoms with van der Waals surface area (Å²) >= 11 is 6.03. The van der Waals surface area contributed by atoms with Gasteiger partial charge in [0.25, 0.3) is 5.91 Å². The van der Waals surface area contributed by atoms with Gasteiger partial charge < -0.3 is 20.7 Å². The molecule has 0 bridgehead atoms. The highest BCUT2D eigenvalue weighted by molar-refractivity contribution is 6.30. The van der Waals surface area contributed by atoms with E-state index in [1.807, 2.05) is 25.1 Å². The molecule has 160 valence electrons. The van der Waals surface area contributed by atoms with Gasteiger partial charge in [0, 0.05) is 16.8 Å². The fourth-order valence-corrected chi connectivity index (χ4v) is 3.20. The maximum absolute atomic E-state index is 12.7. The number of halogens is 1. The van der Waals surface area contributed by atoms with E-state index in [1.165, 1.54) is 0 Å². The van der Waals surface area contributed by atoms with Crippen LogP contribution >= 0.6 is 11.6 Å². The lowest BCUT2D eigenvalue weighted by Crippen LogP contribution is -2.30. The first kappa shape index (κ1) is 22.3. The second-order valence-electron chi connectivity index (χ2n) is 6.93. The van der Waals surface area contributed by atoms with Crippen LogP contribution < -0.4 is 20.7 Å². The van der Waals surface area contributed by atoms with Gasteiger partial charge in [-0.3, -0.25) is 9.59 Å². The molecule has 0 saturated heterocycles. The van der Waals surface area contributed by atoms with E-state index in [4.69, 9.17) is 16.3 Å². The van der Waals surface area contributed by atoms with E-state index in [0.29, 0.717) is 27.7 Å². The van der Waals surface area contributed by atoms with Crippen LogP contribution in [0.5, 0.6) is 5.75 Å². The zero-order valence-corrected chi connectivity index (χ0v) is 18.1. The Bertz CT molecular complexity index is 1050. The zero-order chi connectivity index (χ0) is 22.2. The largest absolute Gasteiger partial charge is 0.497 e. The number of nitrogens with one attached hydrogen (secondary N) is 3. The summed E-state index contributed by atoms with van der Waals surface area (Å²) < 4.78 is 5.12. The number of methoxy groups -OCH3 is 1. The minimum atomic E-state index is -0.318. The lowest BCUT2D eigenvalue weighted by atomic mass is 10.1. The fourth-order valence-electron chi connectivity index (χ4n) is 3.00. The molecule has 0 heterocycles. The van der Waals surface area contributed by atoms with Crippen LogP contribution in [0.1, 0.15) is 28.9 Å². The van der Waals surface area contributed by atoms with E-state index in [9.17, 15) is 9.59 Å².